The van der Waals surface area contributed by atoms with Crippen molar-refractivity contribution in [2.75, 3.05) is 0 Å². The third kappa shape index (κ3) is 4.02. The summed E-state index contributed by atoms with van der Waals surface area (Å²) in [4.78, 5) is 11.9. The second kappa shape index (κ2) is 6.34. The van der Waals surface area contributed by atoms with Crippen LogP contribution in [0.3, 0.4) is 0 Å². The van der Waals surface area contributed by atoms with E-state index in [-0.39, 0.29) is 10.8 Å². The highest BCUT2D eigenvalue weighted by Crippen LogP contribution is 2.54. The number of fused-ring (bicyclic) bond motifs is 1. The van der Waals surface area contributed by atoms with Gasteiger partial charge in [-0.2, -0.15) is 0 Å². The molecule has 0 heterocycles. The first-order valence-electron chi connectivity index (χ1n) is 9.29. The molecule has 140 valence electrons. The van der Waals surface area contributed by atoms with Crippen LogP contribution >= 0.6 is 0 Å². The van der Waals surface area contributed by atoms with Gasteiger partial charge in [-0.25, -0.2) is 4.79 Å². The van der Waals surface area contributed by atoms with E-state index in [1.54, 1.807) is 0 Å². The van der Waals surface area contributed by atoms with Crippen molar-refractivity contribution >= 4 is 6.16 Å². The molecule has 3 heteroatoms. The highest BCUT2D eigenvalue weighted by atomic mass is 16.7. The average Bonchev–Trinajstić information content (AvgIpc) is 2.70. The summed E-state index contributed by atoms with van der Waals surface area (Å²) in [6, 6.07) is 6.06. The lowest BCUT2D eigenvalue weighted by Gasteiger charge is -2.44. The highest BCUT2D eigenvalue weighted by molar-refractivity contribution is 5.64. The van der Waals surface area contributed by atoms with Crippen LogP contribution in [0, 0.1) is 17.3 Å². The van der Waals surface area contributed by atoms with E-state index in [4.69, 9.17) is 9.47 Å². The Morgan fingerprint density at radius 3 is 2.24 bits per heavy atom. The molecule has 0 radical (unpaired) electrons. The maximum atomic E-state index is 11.9. The van der Waals surface area contributed by atoms with Gasteiger partial charge in [-0.3, -0.25) is 0 Å². The van der Waals surface area contributed by atoms with Crippen LogP contribution in [0.5, 0.6) is 5.75 Å². The van der Waals surface area contributed by atoms with Crippen LogP contribution in [0.2, 0.25) is 0 Å². The molecule has 3 nitrogen and oxygen atoms in total. The molecular formula is C22H34O3. The molecule has 2 unspecified atom stereocenters. The maximum absolute atomic E-state index is 11.9. The zero-order valence-corrected chi connectivity index (χ0v) is 17.3. The topological polar surface area (TPSA) is 35.5 Å². The van der Waals surface area contributed by atoms with Gasteiger partial charge in [0.05, 0.1) is 0 Å². The minimum Gasteiger partial charge on any atom is -0.428 e. The van der Waals surface area contributed by atoms with Crippen LogP contribution < -0.4 is 4.74 Å². The Bertz CT molecular complexity index is 646. The van der Waals surface area contributed by atoms with Gasteiger partial charge in [-0.15, -0.1) is 0 Å². The van der Waals surface area contributed by atoms with Gasteiger partial charge in [0.15, 0.2) is 0 Å². The first-order valence-corrected chi connectivity index (χ1v) is 9.29. The molecular weight excluding hydrogens is 312 g/mol. The molecule has 0 aromatic heterocycles. The quantitative estimate of drug-likeness (QED) is 0.477. The van der Waals surface area contributed by atoms with E-state index in [1.165, 1.54) is 11.1 Å². The van der Waals surface area contributed by atoms with Gasteiger partial charge < -0.3 is 9.47 Å². The van der Waals surface area contributed by atoms with E-state index in [0.29, 0.717) is 17.6 Å². The highest BCUT2D eigenvalue weighted by Gasteiger charge is 2.49. The molecule has 1 aliphatic carbocycles. The summed E-state index contributed by atoms with van der Waals surface area (Å²) >= 11 is 0. The van der Waals surface area contributed by atoms with Gasteiger partial charge in [-0.1, -0.05) is 47.6 Å². The lowest BCUT2D eigenvalue weighted by atomic mass is 9.60. The summed E-state index contributed by atoms with van der Waals surface area (Å²) < 4.78 is 10.7. The third-order valence-corrected chi connectivity index (χ3v) is 5.64. The molecule has 0 fully saturated rings. The zero-order chi connectivity index (χ0) is 19.2. The summed E-state index contributed by atoms with van der Waals surface area (Å²) in [5.41, 5.74) is 2.46. The van der Waals surface area contributed by atoms with Crippen LogP contribution in [-0.2, 0) is 16.6 Å². The molecule has 1 aliphatic rings. The van der Waals surface area contributed by atoms with Crippen molar-refractivity contribution < 1.29 is 14.3 Å². The monoisotopic (exact) mass is 346 g/mol. The van der Waals surface area contributed by atoms with E-state index in [2.05, 4.69) is 47.6 Å². The van der Waals surface area contributed by atoms with E-state index >= 15 is 0 Å². The van der Waals surface area contributed by atoms with Gasteiger partial charge in [0, 0.05) is 0 Å². The van der Waals surface area contributed by atoms with Gasteiger partial charge in [-0.05, 0) is 73.1 Å². The Morgan fingerprint density at radius 2 is 1.76 bits per heavy atom. The maximum Gasteiger partial charge on any atom is 0.514 e. The number of hydrogen-bond acceptors (Lipinski definition) is 3. The Balaban J connectivity index is 2.32. The molecule has 0 amide bonds. The summed E-state index contributed by atoms with van der Waals surface area (Å²) in [7, 11) is 0. The minimum atomic E-state index is -0.649. The van der Waals surface area contributed by atoms with Crippen molar-refractivity contribution in [3.8, 4) is 5.75 Å². The molecule has 0 aliphatic heterocycles. The molecule has 0 N–H and O–H groups in total. The fraction of sp³-hybridized carbons (Fsp3) is 0.682. The first-order chi connectivity index (χ1) is 11.2. The van der Waals surface area contributed by atoms with E-state index in [9.17, 15) is 4.79 Å². The minimum absolute atomic E-state index is 0.123. The molecule has 2 atom stereocenters. The Labute approximate surface area is 153 Å². The fourth-order valence-corrected chi connectivity index (χ4v) is 4.23. The Hall–Kier alpha value is -1.51. The van der Waals surface area contributed by atoms with Gasteiger partial charge in [0.1, 0.15) is 11.4 Å². The van der Waals surface area contributed by atoms with Crippen molar-refractivity contribution in [2.45, 2.75) is 79.8 Å². The fourth-order valence-electron chi connectivity index (χ4n) is 4.23. The summed E-state index contributed by atoms with van der Waals surface area (Å²) in [5.74, 6) is 1.65. The predicted molar refractivity (Wildman–Crippen MR) is 102 cm³/mol. The summed E-state index contributed by atoms with van der Waals surface area (Å²) in [6.45, 7) is 19.5. The van der Waals surface area contributed by atoms with Crippen molar-refractivity contribution in [3.63, 3.8) is 0 Å². The Kier molecular flexibility index (Phi) is 5.02. The second-order valence-corrected chi connectivity index (χ2v) is 9.95. The summed E-state index contributed by atoms with van der Waals surface area (Å²) in [5, 5.41) is 0. The van der Waals surface area contributed by atoms with Gasteiger partial charge >= 0.3 is 6.16 Å². The molecule has 0 saturated carbocycles. The smallest absolute Gasteiger partial charge is 0.428 e. The summed E-state index contributed by atoms with van der Waals surface area (Å²) in [6.07, 6.45) is 0.364. The molecule has 0 spiro atoms. The van der Waals surface area contributed by atoms with Crippen LogP contribution in [0.25, 0.3) is 0 Å². The van der Waals surface area contributed by atoms with E-state index in [0.717, 1.165) is 6.42 Å². The molecule has 0 bridgehead atoms. The number of ether oxygens (including phenoxy) is 2. The van der Waals surface area contributed by atoms with Crippen molar-refractivity contribution in [1.29, 1.82) is 0 Å². The molecule has 2 rings (SSSR count). The van der Waals surface area contributed by atoms with Crippen LogP contribution in [0.15, 0.2) is 18.2 Å². The standard InChI is InChI=1S/C22H34O3/c1-14(2)22(9)17-11-10-16(24-19(23)25-21(6,7)8)12-15(17)13-18(22)20(3,4)5/h10-12,14,18H,13H2,1-9H3. The number of hydrogen-bond donors (Lipinski definition) is 0. The number of rotatable bonds is 2. The first kappa shape index (κ1) is 19.8. The molecule has 0 saturated heterocycles. The Morgan fingerprint density at radius 1 is 1.16 bits per heavy atom. The number of benzene rings is 1. The molecule has 1 aromatic carbocycles. The van der Waals surface area contributed by atoms with Gasteiger partial charge in [0.2, 0.25) is 0 Å². The van der Waals surface area contributed by atoms with Crippen LogP contribution in [0.1, 0.15) is 73.4 Å². The van der Waals surface area contributed by atoms with Crippen molar-refractivity contribution in [1.82, 2.24) is 0 Å². The largest absolute Gasteiger partial charge is 0.514 e. The van der Waals surface area contributed by atoms with Crippen LogP contribution in [-0.4, -0.2) is 11.8 Å². The van der Waals surface area contributed by atoms with Crippen molar-refractivity contribution in [2.24, 2.45) is 17.3 Å². The zero-order valence-electron chi connectivity index (χ0n) is 17.3. The van der Waals surface area contributed by atoms with Crippen LogP contribution in [0.4, 0.5) is 4.79 Å². The SMILES string of the molecule is CC(C)C1(C)c2ccc(OC(=O)OC(C)(C)C)cc2CC1C(C)(C)C. The third-order valence-electron chi connectivity index (χ3n) is 5.64. The second-order valence-electron chi connectivity index (χ2n) is 9.95. The average molecular weight is 347 g/mol. The van der Waals surface area contributed by atoms with E-state index < -0.39 is 11.8 Å². The van der Waals surface area contributed by atoms with Crippen molar-refractivity contribution in [3.05, 3.63) is 29.3 Å². The van der Waals surface area contributed by atoms with E-state index in [1.807, 2.05) is 32.9 Å². The lowest BCUT2D eigenvalue weighted by molar-refractivity contribution is 0.0206. The predicted octanol–water partition coefficient (Wildman–Crippen LogP) is 6.13. The normalized spacial score (nSPS) is 23.5. The molecule has 25 heavy (non-hydrogen) atoms. The van der Waals surface area contributed by atoms with Gasteiger partial charge in [0.25, 0.3) is 0 Å². The number of carbonyl (C=O) groups is 1. The lowest BCUT2D eigenvalue weighted by Crippen LogP contribution is -2.40. The molecule has 1 aromatic rings. The number of carbonyl (C=O) groups excluding carboxylic acids is 1.